The highest BCUT2D eigenvalue weighted by atomic mass is 16.5. The summed E-state index contributed by atoms with van der Waals surface area (Å²) in [6.45, 7) is 3.61. The molecule has 0 bridgehead atoms. The zero-order valence-electron chi connectivity index (χ0n) is 15.2. The highest BCUT2D eigenvalue weighted by Crippen LogP contribution is 2.28. The third-order valence-corrected chi connectivity index (χ3v) is 4.60. The van der Waals surface area contributed by atoms with E-state index in [1.807, 2.05) is 30.1 Å². The molecule has 26 heavy (non-hydrogen) atoms. The van der Waals surface area contributed by atoms with E-state index < -0.39 is 0 Å². The van der Waals surface area contributed by atoms with Gasteiger partial charge in [-0.05, 0) is 25.6 Å². The smallest absolute Gasteiger partial charge is 0.256 e. The van der Waals surface area contributed by atoms with Gasteiger partial charge in [-0.25, -0.2) is 4.98 Å². The van der Waals surface area contributed by atoms with Crippen molar-refractivity contribution >= 4 is 17.5 Å². The van der Waals surface area contributed by atoms with Crippen LogP contribution in [-0.2, 0) is 11.2 Å². The Hall–Kier alpha value is -2.87. The number of nitrogen functional groups attached to an aromatic ring is 1. The second kappa shape index (κ2) is 7.17. The lowest BCUT2D eigenvalue weighted by molar-refractivity contribution is -0.120. The van der Waals surface area contributed by atoms with Gasteiger partial charge in [-0.15, -0.1) is 0 Å². The number of likely N-dealkylation sites (N-methyl/N-ethyl adjacent to an activating group) is 1. The van der Waals surface area contributed by atoms with Crippen LogP contribution in [0.3, 0.4) is 0 Å². The van der Waals surface area contributed by atoms with Gasteiger partial charge in [0.15, 0.2) is 0 Å². The molecule has 0 unspecified atom stereocenters. The van der Waals surface area contributed by atoms with Crippen molar-refractivity contribution in [3.8, 4) is 5.75 Å². The van der Waals surface area contributed by atoms with Gasteiger partial charge in [0.05, 0.1) is 19.3 Å². The first kappa shape index (κ1) is 17.9. The van der Waals surface area contributed by atoms with Crippen molar-refractivity contribution in [3.63, 3.8) is 0 Å². The highest BCUT2D eigenvalue weighted by Gasteiger charge is 2.23. The molecule has 3 rings (SSSR count). The number of aryl methyl sites for hydroxylation is 1. The lowest BCUT2D eigenvalue weighted by atomic mass is 10.0. The van der Waals surface area contributed by atoms with Crippen LogP contribution < -0.4 is 20.9 Å². The fourth-order valence-corrected chi connectivity index (χ4v) is 3.14. The number of nitrogens with zero attached hydrogens (tertiary/aromatic N) is 3. The average Bonchev–Trinajstić information content (AvgIpc) is 2.58. The van der Waals surface area contributed by atoms with E-state index in [1.54, 1.807) is 18.9 Å². The summed E-state index contributed by atoms with van der Waals surface area (Å²) in [6.07, 6.45) is 0.370. The van der Waals surface area contributed by atoms with Crippen molar-refractivity contribution in [2.75, 3.05) is 44.4 Å². The molecule has 1 amide bonds. The second-order valence-electron chi connectivity index (χ2n) is 6.47. The molecule has 0 radical (unpaired) electrons. The summed E-state index contributed by atoms with van der Waals surface area (Å²) < 4.78 is 5.50. The Morgan fingerprint density at radius 3 is 2.73 bits per heavy atom. The summed E-state index contributed by atoms with van der Waals surface area (Å²) in [4.78, 5) is 34.9. The number of amides is 1. The molecule has 0 atom stereocenters. The number of nitrogens with two attached hydrogens (primary N) is 1. The third-order valence-electron chi connectivity index (χ3n) is 4.60. The van der Waals surface area contributed by atoms with Gasteiger partial charge in [-0.3, -0.25) is 19.5 Å². The maximum absolute atomic E-state index is 12.3. The van der Waals surface area contributed by atoms with Crippen LogP contribution >= 0.6 is 0 Å². The Bertz CT molecular complexity index is 893. The summed E-state index contributed by atoms with van der Waals surface area (Å²) in [5.41, 5.74) is 8.09. The summed E-state index contributed by atoms with van der Waals surface area (Å²) in [5, 5.41) is 0. The number of rotatable bonds is 4. The number of aromatic amines is 1. The van der Waals surface area contributed by atoms with Crippen LogP contribution in [0.4, 0.5) is 11.6 Å². The third kappa shape index (κ3) is 3.55. The van der Waals surface area contributed by atoms with Crippen molar-refractivity contribution in [2.45, 2.75) is 13.3 Å². The van der Waals surface area contributed by atoms with E-state index in [4.69, 9.17) is 10.5 Å². The van der Waals surface area contributed by atoms with E-state index in [0.29, 0.717) is 36.5 Å². The maximum atomic E-state index is 12.3. The van der Waals surface area contributed by atoms with Crippen LogP contribution in [0, 0.1) is 6.92 Å². The largest absolute Gasteiger partial charge is 0.496 e. The number of H-pyrrole nitrogens is 1. The number of nitrogens with one attached hydrogen (secondary N) is 1. The molecule has 2 heterocycles. The zero-order chi connectivity index (χ0) is 18.8. The fraction of sp³-hybridized carbons (Fsp3) is 0.389. The van der Waals surface area contributed by atoms with Crippen molar-refractivity contribution < 1.29 is 9.53 Å². The normalized spacial score (nSPS) is 15.3. The molecular formula is C18H23N5O3. The molecule has 3 N–H and O–H groups in total. The van der Waals surface area contributed by atoms with Gasteiger partial charge >= 0.3 is 0 Å². The summed E-state index contributed by atoms with van der Waals surface area (Å²) in [5.74, 6) is 0.792. The van der Waals surface area contributed by atoms with Crippen LogP contribution in [0.5, 0.6) is 5.75 Å². The number of methoxy groups -OCH3 is 1. The molecule has 8 heteroatoms. The molecule has 8 nitrogen and oxygen atoms in total. The van der Waals surface area contributed by atoms with E-state index in [1.165, 1.54) is 0 Å². The predicted octanol–water partition coefficient (Wildman–Crippen LogP) is 0.538. The molecule has 2 aromatic rings. The summed E-state index contributed by atoms with van der Waals surface area (Å²) in [6, 6.07) is 5.61. The van der Waals surface area contributed by atoms with Crippen molar-refractivity contribution in [2.24, 2.45) is 0 Å². The van der Waals surface area contributed by atoms with Gasteiger partial charge < -0.3 is 15.4 Å². The van der Waals surface area contributed by atoms with Crippen LogP contribution in [-0.4, -0.2) is 54.6 Å². The van der Waals surface area contributed by atoms with Crippen LogP contribution in [0.2, 0.25) is 0 Å². The number of aromatic nitrogens is 2. The fourth-order valence-electron chi connectivity index (χ4n) is 3.14. The average molecular weight is 357 g/mol. The van der Waals surface area contributed by atoms with Gasteiger partial charge in [0.2, 0.25) is 11.9 Å². The van der Waals surface area contributed by atoms with E-state index in [0.717, 1.165) is 17.8 Å². The minimum atomic E-state index is -0.254. The number of carbonyl (C=O) groups is 1. The van der Waals surface area contributed by atoms with E-state index >= 15 is 0 Å². The number of hydrogen-bond acceptors (Lipinski definition) is 6. The number of ether oxygens (including phenoxy) is 1. The maximum Gasteiger partial charge on any atom is 0.256 e. The van der Waals surface area contributed by atoms with E-state index in [-0.39, 0.29) is 17.4 Å². The molecule has 1 aliphatic heterocycles. The van der Waals surface area contributed by atoms with Gasteiger partial charge in [-0.2, -0.15) is 0 Å². The number of hydrogen-bond donors (Lipinski definition) is 2. The Kier molecular flexibility index (Phi) is 4.94. The minimum Gasteiger partial charge on any atom is -0.496 e. The summed E-state index contributed by atoms with van der Waals surface area (Å²) >= 11 is 0. The molecule has 0 aliphatic carbocycles. The molecule has 1 aromatic heterocycles. The minimum absolute atomic E-state index is 0.0589. The van der Waals surface area contributed by atoms with Gasteiger partial charge in [0.25, 0.3) is 5.56 Å². The van der Waals surface area contributed by atoms with E-state index in [2.05, 4.69) is 9.97 Å². The molecule has 1 aliphatic rings. The monoisotopic (exact) mass is 357 g/mol. The number of carbonyl (C=O) groups excluding carboxylic acids is 1. The Labute approximate surface area is 151 Å². The predicted molar refractivity (Wildman–Crippen MR) is 99.7 cm³/mol. The zero-order valence-corrected chi connectivity index (χ0v) is 15.2. The first-order valence-corrected chi connectivity index (χ1v) is 8.40. The number of benzene rings is 1. The first-order valence-electron chi connectivity index (χ1n) is 8.40. The molecule has 0 spiro atoms. The van der Waals surface area contributed by atoms with E-state index in [9.17, 15) is 9.59 Å². The van der Waals surface area contributed by atoms with Crippen molar-refractivity contribution in [1.29, 1.82) is 0 Å². The molecule has 138 valence electrons. The summed E-state index contributed by atoms with van der Waals surface area (Å²) in [7, 11) is 3.51. The van der Waals surface area contributed by atoms with Crippen molar-refractivity contribution in [3.05, 3.63) is 45.4 Å². The topological polar surface area (TPSA) is 105 Å². The van der Waals surface area contributed by atoms with Gasteiger partial charge in [0, 0.05) is 36.8 Å². The SMILES string of the molecule is COc1cc(N2CCN(C)CC2=O)ccc1Cc1c(C)nc(N)[nH]c1=O. The molecular weight excluding hydrogens is 334 g/mol. The molecule has 0 saturated carbocycles. The highest BCUT2D eigenvalue weighted by molar-refractivity contribution is 5.95. The Balaban J connectivity index is 1.91. The molecule has 1 aromatic carbocycles. The lowest BCUT2D eigenvalue weighted by Crippen LogP contribution is -2.48. The van der Waals surface area contributed by atoms with Crippen LogP contribution in [0.25, 0.3) is 0 Å². The number of anilines is 2. The standard InChI is InChI=1S/C18H23N5O3/c1-11-14(17(25)21-18(19)20-11)8-12-4-5-13(9-15(12)26-3)23-7-6-22(2)10-16(23)24/h4-5,9H,6-8,10H2,1-3H3,(H3,19,20,21,25). The van der Waals surface area contributed by atoms with Crippen LogP contribution in [0.1, 0.15) is 16.8 Å². The molecule has 1 fully saturated rings. The molecule has 1 saturated heterocycles. The Morgan fingerprint density at radius 2 is 2.08 bits per heavy atom. The quantitative estimate of drug-likeness (QED) is 0.827. The Morgan fingerprint density at radius 1 is 1.31 bits per heavy atom. The van der Waals surface area contributed by atoms with Crippen LogP contribution in [0.15, 0.2) is 23.0 Å². The first-order chi connectivity index (χ1) is 12.4. The van der Waals surface area contributed by atoms with Gasteiger partial charge in [-0.1, -0.05) is 6.07 Å². The van der Waals surface area contributed by atoms with Crippen molar-refractivity contribution in [1.82, 2.24) is 14.9 Å². The second-order valence-corrected chi connectivity index (χ2v) is 6.47. The lowest BCUT2D eigenvalue weighted by Gasteiger charge is -2.32. The van der Waals surface area contributed by atoms with Gasteiger partial charge in [0.1, 0.15) is 5.75 Å². The number of piperazine rings is 1.